The summed E-state index contributed by atoms with van der Waals surface area (Å²) < 4.78 is 3.31. The van der Waals surface area contributed by atoms with Crippen molar-refractivity contribution in [3.05, 3.63) is 15.9 Å². The van der Waals surface area contributed by atoms with Gasteiger partial charge in [-0.05, 0) is 60.6 Å². The first kappa shape index (κ1) is 16.7. The van der Waals surface area contributed by atoms with Crippen LogP contribution in [-0.4, -0.2) is 22.9 Å². The van der Waals surface area contributed by atoms with Crippen LogP contribution < -0.4 is 5.32 Å². The summed E-state index contributed by atoms with van der Waals surface area (Å²) in [5.74, 6) is 0.602. The van der Waals surface area contributed by atoms with E-state index in [9.17, 15) is 0 Å². The molecule has 0 radical (unpaired) electrons. The van der Waals surface area contributed by atoms with E-state index in [1.807, 2.05) is 0 Å². The van der Waals surface area contributed by atoms with Crippen LogP contribution in [0.5, 0.6) is 0 Å². The maximum Gasteiger partial charge on any atom is 0.0738 e. The molecule has 0 bridgehead atoms. The van der Waals surface area contributed by atoms with E-state index in [4.69, 9.17) is 0 Å². The molecule has 0 fully saturated rings. The van der Waals surface area contributed by atoms with E-state index in [1.165, 1.54) is 10.2 Å². The number of aromatic nitrogens is 2. The van der Waals surface area contributed by atoms with Crippen molar-refractivity contribution in [2.75, 3.05) is 13.1 Å². The first-order valence-electron chi connectivity index (χ1n) is 7.23. The first-order chi connectivity index (χ1) is 8.81. The van der Waals surface area contributed by atoms with Crippen LogP contribution in [0.1, 0.15) is 46.0 Å². The van der Waals surface area contributed by atoms with Gasteiger partial charge < -0.3 is 5.32 Å². The summed E-state index contributed by atoms with van der Waals surface area (Å²) in [5.41, 5.74) is 2.71. The molecule has 1 heterocycles. The molecule has 1 atom stereocenters. The maximum atomic E-state index is 4.59. The van der Waals surface area contributed by atoms with Crippen molar-refractivity contribution in [3.63, 3.8) is 0 Å². The van der Waals surface area contributed by atoms with Crippen LogP contribution in [0.2, 0.25) is 0 Å². The largest absolute Gasteiger partial charge is 0.317 e. The predicted molar refractivity (Wildman–Crippen MR) is 85.5 cm³/mol. The minimum atomic E-state index is 0.290. The zero-order valence-electron chi connectivity index (χ0n) is 13.2. The molecule has 110 valence electrons. The number of hydrogen-bond acceptors (Lipinski definition) is 2. The van der Waals surface area contributed by atoms with Crippen LogP contribution >= 0.6 is 15.9 Å². The Kier molecular flexibility index (Phi) is 6.06. The Hall–Kier alpha value is -0.350. The second kappa shape index (κ2) is 6.89. The van der Waals surface area contributed by atoms with Gasteiger partial charge in [0.2, 0.25) is 0 Å². The monoisotopic (exact) mass is 329 g/mol. The number of halogens is 1. The Morgan fingerprint density at radius 2 is 1.95 bits per heavy atom. The van der Waals surface area contributed by atoms with Gasteiger partial charge in [0.05, 0.1) is 15.9 Å². The number of rotatable bonds is 6. The van der Waals surface area contributed by atoms with Gasteiger partial charge in [-0.2, -0.15) is 5.10 Å². The van der Waals surface area contributed by atoms with Gasteiger partial charge in [0, 0.05) is 6.54 Å². The van der Waals surface area contributed by atoms with Gasteiger partial charge in [-0.15, -0.1) is 0 Å². The van der Waals surface area contributed by atoms with Gasteiger partial charge in [-0.1, -0.05) is 27.7 Å². The standard InChI is InChI=1S/C15H28BrN3/c1-7-17-10-12(15(4,5)6)9-13-14(16)11(3)18-19(13)8-2/h12,17H,7-10H2,1-6H3. The Balaban J connectivity index is 2.96. The quantitative estimate of drug-likeness (QED) is 0.860. The van der Waals surface area contributed by atoms with E-state index >= 15 is 0 Å². The van der Waals surface area contributed by atoms with Gasteiger partial charge in [-0.3, -0.25) is 4.68 Å². The highest BCUT2D eigenvalue weighted by Gasteiger charge is 2.27. The van der Waals surface area contributed by atoms with E-state index in [2.05, 4.69) is 72.6 Å². The van der Waals surface area contributed by atoms with E-state index in [1.54, 1.807) is 0 Å². The lowest BCUT2D eigenvalue weighted by Gasteiger charge is -2.31. The van der Waals surface area contributed by atoms with E-state index in [0.29, 0.717) is 11.3 Å². The molecule has 0 aliphatic heterocycles. The van der Waals surface area contributed by atoms with Crippen LogP contribution in [0.15, 0.2) is 4.47 Å². The summed E-state index contributed by atoms with van der Waals surface area (Å²) in [4.78, 5) is 0. The zero-order valence-corrected chi connectivity index (χ0v) is 14.8. The van der Waals surface area contributed by atoms with Crippen molar-refractivity contribution in [2.45, 2.75) is 54.5 Å². The van der Waals surface area contributed by atoms with E-state index in [0.717, 1.165) is 31.7 Å². The van der Waals surface area contributed by atoms with Crippen LogP contribution in [0.25, 0.3) is 0 Å². The molecule has 19 heavy (non-hydrogen) atoms. The Bertz CT molecular complexity index is 404. The SMILES string of the molecule is CCNCC(Cc1c(Br)c(C)nn1CC)C(C)(C)C. The Morgan fingerprint density at radius 1 is 1.32 bits per heavy atom. The number of nitrogens with zero attached hydrogens (tertiary/aromatic N) is 2. The Morgan fingerprint density at radius 3 is 2.42 bits per heavy atom. The number of nitrogens with one attached hydrogen (secondary N) is 1. The molecule has 4 heteroatoms. The molecule has 0 spiro atoms. The fourth-order valence-electron chi connectivity index (χ4n) is 2.30. The topological polar surface area (TPSA) is 29.9 Å². The molecule has 0 amide bonds. The number of hydrogen-bond donors (Lipinski definition) is 1. The minimum absolute atomic E-state index is 0.290. The summed E-state index contributed by atoms with van der Waals surface area (Å²) in [7, 11) is 0. The van der Waals surface area contributed by atoms with Gasteiger partial charge in [0.1, 0.15) is 0 Å². The van der Waals surface area contributed by atoms with Crippen LogP contribution in [-0.2, 0) is 13.0 Å². The van der Waals surface area contributed by atoms with Gasteiger partial charge >= 0.3 is 0 Å². The third-order valence-corrected chi connectivity index (χ3v) is 4.79. The molecule has 0 aliphatic rings. The highest BCUT2D eigenvalue weighted by Crippen LogP contribution is 2.32. The van der Waals surface area contributed by atoms with Gasteiger partial charge in [-0.25, -0.2) is 0 Å². The molecule has 1 unspecified atom stereocenters. The average molecular weight is 330 g/mol. The molecule has 0 saturated heterocycles. The number of aryl methyl sites for hydroxylation is 2. The van der Waals surface area contributed by atoms with Crippen molar-refractivity contribution in [1.82, 2.24) is 15.1 Å². The van der Waals surface area contributed by atoms with Crippen molar-refractivity contribution in [2.24, 2.45) is 11.3 Å². The van der Waals surface area contributed by atoms with Gasteiger partial charge in [0.15, 0.2) is 0 Å². The molecular weight excluding hydrogens is 302 g/mol. The lowest BCUT2D eigenvalue weighted by atomic mass is 9.78. The van der Waals surface area contributed by atoms with E-state index in [-0.39, 0.29) is 0 Å². The van der Waals surface area contributed by atoms with Crippen molar-refractivity contribution in [3.8, 4) is 0 Å². The molecule has 3 nitrogen and oxygen atoms in total. The molecule has 1 rings (SSSR count). The highest BCUT2D eigenvalue weighted by molar-refractivity contribution is 9.10. The summed E-state index contributed by atoms with van der Waals surface area (Å²) in [6.07, 6.45) is 1.06. The van der Waals surface area contributed by atoms with Crippen molar-refractivity contribution >= 4 is 15.9 Å². The average Bonchev–Trinajstić information content (AvgIpc) is 2.60. The van der Waals surface area contributed by atoms with Crippen LogP contribution in [0, 0.1) is 18.3 Å². The summed E-state index contributed by atoms with van der Waals surface area (Å²) in [6, 6.07) is 0. The normalized spacial score (nSPS) is 13.8. The fourth-order valence-corrected chi connectivity index (χ4v) is 2.75. The summed E-state index contributed by atoms with van der Waals surface area (Å²) in [5, 5.41) is 8.09. The molecule has 0 aromatic carbocycles. The van der Waals surface area contributed by atoms with Crippen LogP contribution in [0.3, 0.4) is 0 Å². The zero-order chi connectivity index (χ0) is 14.6. The second-order valence-corrected chi connectivity index (χ2v) is 7.03. The Labute approximate surface area is 126 Å². The summed E-state index contributed by atoms with van der Waals surface area (Å²) in [6.45, 7) is 16.4. The molecule has 1 N–H and O–H groups in total. The molecule has 0 saturated carbocycles. The third kappa shape index (κ3) is 4.32. The van der Waals surface area contributed by atoms with Crippen molar-refractivity contribution in [1.29, 1.82) is 0 Å². The molecule has 1 aromatic rings. The molecule has 0 aliphatic carbocycles. The predicted octanol–water partition coefficient (Wildman–Crippen LogP) is 3.79. The van der Waals surface area contributed by atoms with Gasteiger partial charge in [0.25, 0.3) is 0 Å². The lowest BCUT2D eigenvalue weighted by Crippen LogP contribution is -2.34. The first-order valence-corrected chi connectivity index (χ1v) is 8.03. The lowest BCUT2D eigenvalue weighted by molar-refractivity contribution is 0.228. The summed E-state index contributed by atoms with van der Waals surface area (Å²) >= 11 is 3.70. The van der Waals surface area contributed by atoms with E-state index < -0.39 is 0 Å². The van der Waals surface area contributed by atoms with Crippen molar-refractivity contribution < 1.29 is 0 Å². The van der Waals surface area contributed by atoms with Crippen LogP contribution in [0.4, 0.5) is 0 Å². The second-order valence-electron chi connectivity index (χ2n) is 6.24. The smallest absolute Gasteiger partial charge is 0.0738 e. The molecular formula is C15H28BrN3. The molecule has 1 aromatic heterocycles. The highest BCUT2D eigenvalue weighted by atomic mass is 79.9. The third-order valence-electron chi connectivity index (χ3n) is 3.76. The minimum Gasteiger partial charge on any atom is -0.317 e. The fraction of sp³-hybridized carbons (Fsp3) is 0.800. The maximum absolute atomic E-state index is 4.59.